The molecule has 0 saturated heterocycles. The third-order valence-electron chi connectivity index (χ3n) is 5.14. The maximum atomic E-state index is 6.86. The van der Waals surface area contributed by atoms with Gasteiger partial charge in [-0.1, -0.05) is 91.0 Å². The van der Waals surface area contributed by atoms with Gasteiger partial charge in [0.25, 0.3) is 0 Å². The molecule has 2 N–H and O–H groups in total. The van der Waals surface area contributed by atoms with Gasteiger partial charge in [0, 0.05) is 6.07 Å². The molecule has 1 aromatic heterocycles. The molecule has 4 nitrogen and oxygen atoms in total. The van der Waals surface area contributed by atoms with Gasteiger partial charge in [0.15, 0.2) is 0 Å². The van der Waals surface area contributed by atoms with E-state index in [1.54, 1.807) is 18.3 Å². The zero-order valence-electron chi connectivity index (χ0n) is 17.5. The van der Waals surface area contributed by atoms with E-state index in [4.69, 9.17) is 15.2 Å². The number of hydrogen-bond acceptors (Lipinski definition) is 4. The first-order valence-electron chi connectivity index (χ1n) is 10.4. The van der Waals surface area contributed by atoms with Crippen molar-refractivity contribution < 1.29 is 9.47 Å². The molecule has 4 heteroatoms. The number of hydrogen-bond donors (Lipinski definition) is 1. The van der Waals surface area contributed by atoms with Crippen LogP contribution in [0.1, 0.15) is 23.6 Å². The number of anilines is 1. The summed E-state index contributed by atoms with van der Waals surface area (Å²) in [5, 5.41) is 0. The third-order valence-corrected chi connectivity index (χ3v) is 5.14. The van der Waals surface area contributed by atoms with Crippen LogP contribution < -0.4 is 10.5 Å². The summed E-state index contributed by atoms with van der Waals surface area (Å²) in [5.41, 5.74) is 8.72. The fourth-order valence-corrected chi connectivity index (χ4v) is 3.74. The summed E-state index contributed by atoms with van der Waals surface area (Å²) in [6.07, 6.45) is 1.36. The molecule has 0 radical (unpaired) electrons. The van der Waals surface area contributed by atoms with Crippen molar-refractivity contribution in [1.29, 1.82) is 0 Å². The summed E-state index contributed by atoms with van der Waals surface area (Å²) in [6, 6.07) is 34.5. The first-order valence-corrected chi connectivity index (χ1v) is 10.4. The Kier molecular flexibility index (Phi) is 6.29. The first kappa shape index (κ1) is 20.6. The molecular weight excluding hydrogens is 384 g/mol. The maximum absolute atomic E-state index is 6.86. The molecule has 0 amide bonds. The molecule has 0 aliphatic rings. The third kappa shape index (κ3) is 4.60. The molecule has 0 aliphatic heterocycles. The molecule has 3 aromatic carbocycles. The van der Waals surface area contributed by atoms with Crippen LogP contribution >= 0.6 is 0 Å². The normalized spacial score (nSPS) is 12.3. The lowest BCUT2D eigenvalue weighted by Crippen LogP contribution is -2.38. The number of rotatable bonds is 8. The van der Waals surface area contributed by atoms with Crippen molar-refractivity contribution in [3.63, 3.8) is 0 Å². The van der Waals surface area contributed by atoms with Crippen LogP contribution in [0.5, 0.6) is 5.88 Å². The molecule has 0 spiro atoms. The smallest absolute Gasteiger partial charge is 0.213 e. The monoisotopic (exact) mass is 410 g/mol. The number of nitrogens with zero attached hydrogens (tertiary/aromatic N) is 1. The second kappa shape index (κ2) is 9.45. The van der Waals surface area contributed by atoms with Crippen LogP contribution in [0.3, 0.4) is 0 Å². The lowest BCUT2D eigenvalue weighted by molar-refractivity contribution is -0.0565. The SMILES string of the molecule is CC(COc1ccc(N)cn1)OC(c1ccccc1)(c1ccccc1)c1ccccc1. The van der Waals surface area contributed by atoms with E-state index in [0.717, 1.165) is 16.7 Å². The Morgan fingerprint density at radius 1 is 0.742 bits per heavy atom. The molecule has 4 aromatic rings. The van der Waals surface area contributed by atoms with Crippen molar-refractivity contribution >= 4 is 5.69 Å². The second-order valence-electron chi connectivity index (χ2n) is 7.45. The minimum absolute atomic E-state index is 0.222. The van der Waals surface area contributed by atoms with E-state index < -0.39 is 5.60 Å². The number of nitrogens with two attached hydrogens (primary N) is 1. The molecule has 1 heterocycles. The fraction of sp³-hybridized carbons (Fsp3) is 0.148. The lowest BCUT2D eigenvalue weighted by atomic mass is 9.80. The van der Waals surface area contributed by atoms with E-state index in [0.29, 0.717) is 18.2 Å². The molecule has 4 rings (SSSR count). The van der Waals surface area contributed by atoms with Gasteiger partial charge in [-0.05, 0) is 29.7 Å². The Morgan fingerprint density at radius 3 is 1.65 bits per heavy atom. The lowest BCUT2D eigenvalue weighted by Gasteiger charge is -2.38. The van der Waals surface area contributed by atoms with Crippen molar-refractivity contribution in [3.8, 4) is 5.88 Å². The van der Waals surface area contributed by atoms with E-state index in [9.17, 15) is 0 Å². The van der Waals surface area contributed by atoms with E-state index in [1.807, 2.05) is 61.5 Å². The molecule has 1 unspecified atom stereocenters. The maximum Gasteiger partial charge on any atom is 0.213 e. The summed E-state index contributed by atoms with van der Waals surface area (Å²) in [4.78, 5) is 4.22. The highest BCUT2D eigenvalue weighted by Crippen LogP contribution is 2.41. The highest BCUT2D eigenvalue weighted by molar-refractivity contribution is 5.47. The summed E-state index contributed by atoms with van der Waals surface area (Å²) in [6.45, 7) is 2.37. The summed E-state index contributed by atoms with van der Waals surface area (Å²) in [7, 11) is 0. The van der Waals surface area contributed by atoms with Crippen molar-refractivity contribution in [3.05, 3.63) is 126 Å². The first-order chi connectivity index (χ1) is 15.2. The predicted molar refractivity (Wildman–Crippen MR) is 124 cm³/mol. The van der Waals surface area contributed by atoms with E-state index in [-0.39, 0.29) is 6.10 Å². The van der Waals surface area contributed by atoms with E-state index in [1.165, 1.54) is 0 Å². The van der Waals surface area contributed by atoms with Crippen molar-refractivity contribution in [2.24, 2.45) is 0 Å². The molecule has 156 valence electrons. The number of pyridine rings is 1. The molecular formula is C27H26N2O2. The minimum atomic E-state index is -0.777. The minimum Gasteiger partial charge on any atom is -0.475 e. The van der Waals surface area contributed by atoms with Gasteiger partial charge in [-0.15, -0.1) is 0 Å². The average molecular weight is 411 g/mol. The highest BCUT2D eigenvalue weighted by atomic mass is 16.5. The largest absolute Gasteiger partial charge is 0.475 e. The van der Waals surface area contributed by atoms with Crippen molar-refractivity contribution in [2.45, 2.75) is 18.6 Å². The van der Waals surface area contributed by atoms with E-state index >= 15 is 0 Å². The van der Waals surface area contributed by atoms with Gasteiger partial charge < -0.3 is 15.2 Å². The Labute approximate surface area is 183 Å². The number of ether oxygens (including phenoxy) is 2. The van der Waals surface area contributed by atoms with Gasteiger partial charge in [0.2, 0.25) is 5.88 Å². The molecule has 0 bridgehead atoms. The van der Waals surface area contributed by atoms with Crippen LogP contribution in [0.2, 0.25) is 0 Å². The second-order valence-corrected chi connectivity index (χ2v) is 7.45. The van der Waals surface area contributed by atoms with Crippen LogP contribution in [-0.4, -0.2) is 17.7 Å². The zero-order chi connectivity index (χ0) is 21.5. The van der Waals surface area contributed by atoms with Gasteiger partial charge in [-0.3, -0.25) is 0 Å². The quantitative estimate of drug-likeness (QED) is 0.393. The summed E-state index contributed by atoms with van der Waals surface area (Å²) >= 11 is 0. The molecule has 0 aliphatic carbocycles. The Bertz CT molecular complexity index is 972. The van der Waals surface area contributed by atoms with Crippen LogP contribution in [0.4, 0.5) is 5.69 Å². The van der Waals surface area contributed by atoms with Gasteiger partial charge in [-0.2, -0.15) is 0 Å². The van der Waals surface area contributed by atoms with Gasteiger partial charge in [0.05, 0.1) is 18.0 Å². The predicted octanol–water partition coefficient (Wildman–Crippen LogP) is 5.44. The Hall–Kier alpha value is -3.63. The number of nitrogen functional groups attached to an aromatic ring is 1. The molecule has 31 heavy (non-hydrogen) atoms. The number of aromatic nitrogens is 1. The molecule has 0 fully saturated rings. The van der Waals surface area contributed by atoms with Gasteiger partial charge in [0.1, 0.15) is 12.2 Å². The van der Waals surface area contributed by atoms with E-state index in [2.05, 4.69) is 41.4 Å². The van der Waals surface area contributed by atoms with Crippen LogP contribution in [0.25, 0.3) is 0 Å². The average Bonchev–Trinajstić information content (AvgIpc) is 2.84. The Balaban J connectivity index is 1.72. The summed E-state index contributed by atoms with van der Waals surface area (Å²) < 4.78 is 12.7. The zero-order valence-corrected chi connectivity index (χ0v) is 17.5. The van der Waals surface area contributed by atoms with Crippen molar-refractivity contribution in [1.82, 2.24) is 4.98 Å². The van der Waals surface area contributed by atoms with Crippen LogP contribution in [0, 0.1) is 0 Å². The highest BCUT2D eigenvalue weighted by Gasteiger charge is 2.39. The Morgan fingerprint density at radius 2 is 1.23 bits per heavy atom. The fourth-order valence-electron chi connectivity index (χ4n) is 3.74. The van der Waals surface area contributed by atoms with Gasteiger partial charge >= 0.3 is 0 Å². The molecule has 1 atom stereocenters. The van der Waals surface area contributed by atoms with Gasteiger partial charge in [-0.25, -0.2) is 4.98 Å². The molecule has 0 saturated carbocycles. The summed E-state index contributed by atoms with van der Waals surface area (Å²) in [5.74, 6) is 0.523. The van der Waals surface area contributed by atoms with Crippen LogP contribution in [0.15, 0.2) is 109 Å². The topological polar surface area (TPSA) is 57.4 Å². The number of benzene rings is 3. The van der Waals surface area contributed by atoms with Crippen LogP contribution in [-0.2, 0) is 10.3 Å². The van der Waals surface area contributed by atoms with Crippen molar-refractivity contribution in [2.75, 3.05) is 12.3 Å². The standard InChI is InChI=1S/C27H26N2O2/c1-21(20-30-26-18-17-25(28)19-29-26)31-27(22-11-5-2-6-12-22,23-13-7-3-8-14-23)24-15-9-4-10-16-24/h2-19,21H,20,28H2,1H3.